The third-order valence-corrected chi connectivity index (χ3v) is 3.20. The topological polar surface area (TPSA) is 53.6 Å². The third-order valence-electron chi connectivity index (χ3n) is 2.23. The number of aromatic nitrogens is 3. The van der Waals surface area contributed by atoms with E-state index in [9.17, 15) is 0 Å². The van der Waals surface area contributed by atoms with Crippen molar-refractivity contribution in [3.05, 3.63) is 36.3 Å². The number of rotatable bonds is 6. The minimum atomic E-state index is 0.884. The first-order valence-corrected chi connectivity index (χ1v) is 6.68. The van der Waals surface area contributed by atoms with Gasteiger partial charge in [0.05, 0.1) is 0 Å². The molecule has 0 radical (unpaired) electrons. The molecule has 5 heteroatoms. The molecule has 2 rings (SSSR count). The van der Waals surface area contributed by atoms with Gasteiger partial charge in [-0.25, -0.2) is 9.97 Å². The van der Waals surface area contributed by atoms with Crippen LogP contribution in [0.25, 0.3) is 0 Å². The maximum atomic E-state index is 4.36. The Labute approximate surface area is 105 Å². The predicted molar refractivity (Wildman–Crippen MR) is 71.2 cm³/mol. The van der Waals surface area contributed by atoms with Crippen molar-refractivity contribution in [2.75, 3.05) is 11.9 Å². The molecule has 2 N–H and O–H groups in total. The molecule has 17 heavy (non-hydrogen) atoms. The van der Waals surface area contributed by atoms with E-state index >= 15 is 0 Å². The van der Waals surface area contributed by atoms with Crippen molar-refractivity contribution in [2.45, 2.75) is 24.3 Å². The fourth-order valence-corrected chi connectivity index (χ4v) is 2.11. The summed E-state index contributed by atoms with van der Waals surface area (Å²) >= 11 is 1.68. The van der Waals surface area contributed by atoms with Crippen LogP contribution < -0.4 is 5.32 Å². The zero-order valence-corrected chi connectivity index (χ0v) is 10.6. The molecular formula is C12H16N4S. The normalized spacial score (nSPS) is 10.4. The van der Waals surface area contributed by atoms with Gasteiger partial charge < -0.3 is 10.3 Å². The first kappa shape index (κ1) is 12.0. The first-order chi connectivity index (χ1) is 8.38. The number of aromatic amines is 1. The van der Waals surface area contributed by atoms with E-state index in [1.54, 1.807) is 18.0 Å². The van der Waals surface area contributed by atoms with Crippen LogP contribution in [-0.2, 0) is 5.75 Å². The highest BCUT2D eigenvalue weighted by molar-refractivity contribution is 7.98. The molecule has 0 amide bonds. The Hall–Kier alpha value is -1.49. The molecule has 0 saturated heterocycles. The largest absolute Gasteiger partial charge is 0.370 e. The molecule has 0 unspecified atom stereocenters. The Morgan fingerprint density at radius 3 is 2.94 bits per heavy atom. The fourth-order valence-electron chi connectivity index (χ4n) is 1.35. The van der Waals surface area contributed by atoms with Crippen LogP contribution in [0.15, 0.2) is 35.9 Å². The van der Waals surface area contributed by atoms with E-state index in [1.165, 1.54) is 5.56 Å². The SMILES string of the molecule is CCCNc1ccc(CSc2ncc[nH]2)cn1. The smallest absolute Gasteiger partial charge is 0.165 e. The summed E-state index contributed by atoms with van der Waals surface area (Å²) in [6.45, 7) is 3.11. The molecule has 2 aromatic rings. The Balaban J connectivity index is 1.85. The minimum absolute atomic E-state index is 0.884. The van der Waals surface area contributed by atoms with Gasteiger partial charge >= 0.3 is 0 Å². The molecular weight excluding hydrogens is 232 g/mol. The highest BCUT2D eigenvalue weighted by Gasteiger charge is 1.99. The van der Waals surface area contributed by atoms with Gasteiger partial charge in [0.2, 0.25) is 0 Å². The van der Waals surface area contributed by atoms with Crippen molar-refractivity contribution in [3.63, 3.8) is 0 Å². The maximum Gasteiger partial charge on any atom is 0.165 e. The van der Waals surface area contributed by atoms with Crippen LogP contribution in [0.3, 0.4) is 0 Å². The second-order valence-corrected chi connectivity index (χ2v) is 4.63. The highest BCUT2D eigenvalue weighted by Crippen LogP contribution is 2.18. The summed E-state index contributed by atoms with van der Waals surface area (Å²) in [5.74, 6) is 1.83. The van der Waals surface area contributed by atoms with Crippen LogP contribution in [0.2, 0.25) is 0 Å². The number of anilines is 1. The van der Waals surface area contributed by atoms with Crippen LogP contribution in [0, 0.1) is 0 Å². The summed E-state index contributed by atoms with van der Waals surface area (Å²) in [4.78, 5) is 11.6. The average molecular weight is 248 g/mol. The lowest BCUT2D eigenvalue weighted by atomic mass is 10.3. The van der Waals surface area contributed by atoms with Crippen LogP contribution in [0.4, 0.5) is 5.82 Å². The van der Waals surface area contributed by atoms with Crippen LogP contribution in [0.5, 0.6) is 0 Å². The van der Waals surface area contributed by atoms with Gasteiger partial charge in [-0.3, -0.25) is 0 Å². The van der Waals surface area contributed by atoms with E-state index in [0.29, 0.717) is 0 Å². The second-order valence-electron chi connectivity index (χ2n) is 3.66. The molecule has 0 aliphatic carbocycles. The zero-order chi connectivity index (χ0) is 11.9. The van der Waals surface area contributed by atoms with Gasteiger partial charge in [-0.05, 0) is 18.1 Å². The molecule has 0 aliphatic rings. The van der Waals surface area contributed by atoms with Gasteiger partial charge in [-0.1, -0.05) is 24.8 Å². The van der Waals surface area contributed by atoms with E-state index in [0.717, 1.165) is 29.7 Å². The Morgan fingerprint density at radius 1 is 1.35 bits per heavy atom. The van der Waals surface area contributed by atoms with Crippen LogP contribution in [-0.4, -0.2) is 21.5 Å². The monoisotopic (exact) mass is 248 g/mol. The van der Waals surface area contributed by atoms with Crippen molar-refractivity contribution < 1.29 is 0 Å². The lowest BCUT2D eigenvalue weighted by Crippen LogP contribution is -2.01. The summed E-state index contributed by atoms with van der Waals surface area (Å²) in [6.07, 6.45) is 6.61. The molecule has 0 spiro atoms. The van der Waals surface area contributed by atoms with Crippen molar-refractivity contribution in [2.24, 2.45) is 0 Å². The number of imidazole rings is 1. The predicted octanol–water partition coefficient (Wildman–Crippen LogP) is 2.92. The van der Waals surface area contributed by atoms with Crippen LogP contribution in [0.1, 0.15) is 18.9 Å². The highest BCUT2D eigenvalue weighted by atomic mass is 32.2. The minimum Gasteiger partial charge on any atom is -0.370 e. The number of hydrogen-bond acceptors (Lipinski definition) is 4. The Kier molecular flexibility index (Phi) is 4.44. The molecule has 2 aromatic heterocycles. The number of pyridine rings is 1. The fraction of sp³-hybridized carbons (Fsp3) is 0.333. The number of nitrogens with one attached hydrogen (secondary N) is 2. The summed E-state index contributed by atoms with van der Waals surface area (Å²) in [5, 5.41) is 4.20. The van der Waals surface area contributed by atoms with Crippen molar-refractivity contribution in [3.8, 4) is 0 Å². The molecule has 2 heterocycles. The second kappa shape index (κ2) is 6.30. The molecule has 0 aromatic carbocycles. The third kappa shape index (κ3) is 3.78. The van der Waals surface area contributed by atoms with Crippen molar-refractivity contribution in [1.29, 1.82) is 0 Å². The van der Waals surface area contributed by atoms with Crippen molar-refractivity contribution in [1.82, 2.24) is 15.0 Å². The van der Waals surface area contributed by atoms with E-state index in [1.807, 2.05) is 18.5 Å². The van der Waals surface area contributed by atoms with Gasteiger partial charge in [0.1, 0.15) is 5.82 Å². The van der Waals surface area contributed by atoms with E-state index in [4.69, 9.17) is 0 Å². The molecule has 4 nitrogen and oxygen atoms in total. The maximum absolute atomic E-state index is 4.36. The zero-order valence-electron chi connectivity index (χ0n) is 9.81. The van der Waals surface area contributed by atoms with Gasteiger partial charge in [0.25, 0.3) is 0 Å². The molecule has 0 bridgehead atoms. The van der Waals surface area contributed by atoms with Crippen molar-refractivity contribution >= 4 is 17.6 Å². The van der Waals surface area contributed by atoms with Gasteiger partial charge in [0, 0.05) is 30.9 Å². The van der Waals surface area contributed by atoms with Gasteiger partial charge in [-0.2, -0.15) is 0 Å². The summed E-state index contributed by atoms with van der Waals surface area (Å²) in [7, 11) is 0. The molecule has 90 valence electrons. The van der Waals surface area contributed by atoms with Crippen LogP contribution >= 0.6 is 11.8 Å². The lowest BCUT2D eigenvalue weighted by molar-refractivity contribution is 0.968. The number of thioether (sulfide) groups is 1. The lowest BCUT2D eigenvalue weighted by Gasteiger charge is -2.04. The molecule has 0 atom stereocenters. The Bertz CT molecular complexity index is 424. The number of H-pyrrole nitrogens is 1. The van der Waals surface area contributed by atoms with Gasteiger partial charge in [-0.15, -0.1) is 0 Å². The molecule has 0 fully saturated rings. The first-order valence-electron chi connectivity index (χ1n) is 5.69. The standard InChI is InChI=1S/C12H16N4S/c1-2-5-13-11-4-3-10(8-16-11)9-17-12-14-6-7-15-12/h3-4,6-8H,2,5,9H2,1H3,(H,13,16)(H,14,15). The summed E-state index contributed by atoms with van der Waals surface area (Å²) in [5.41, 5.74) is 1.20. The molecule has 0 aliphatic heterocycles. The summed E-state index contributed by atoms with van der Waals surface area (Å²) in [6, 6.07) is 4.12. The molecule has 0 saturated carbocycles. The Morgan fingerprint density at radius 2 is 2.29 bits per heavy atom. The number of nitrogens with zero attached hydrogens (tertiary/aromatic N) is 2. The van der Waals surface area contributed by atoms with Gasteiger partial charge in [0.15, 0.2) is 5.16 Å². The average Bonchev–Trinajstić information content (AvgIpc) is 2.88. The van der Waals surface area contributed by atoms with E-state index < -0.39 is 0 Å². The van der Waals surface area contributed by atoms with E-state index in [2.05, 4.69) is 33.3 Å². The summed E-state index contributed by atoms with van der Waals surface area (Å²) < 4.78 is 0. The quantitative estimate of drug-likeness (QED) is 0.772. The number of hydrogen-bond donors (Lipinski definition) is 2. The van der Waals surface area contributed by atoms with E-state index in [-0.39, 0.29) is 0 Å².